The molecule has 2 saturated carbocycles. The van der Waals surface area contributed by atoms with Crippen LogP contribution in [0.1, 0.15) is 93.8 Å². The molecule has 0 aromatic heterocycles. The van der Waals surface area contributed by atoms with Crippen molar-refractivity contribution in [1.82, 2.24) is 10.6 Å². The number of hydrogen-bond donors (Lipinski definition) is 4. The largest absolute Gasteiger partial charge is 0.387 e. The summed E-state index contributed by atoms with van der Waals surface area (Å²) < 4.78 is 0. The second kappa shape index (κ2) is 12.5. The van der Waals surface area contributed by atoms with Crippen LogP contribution in [0.2, 0.25) is 0 Å². The molecule has 2 aliphatic rings. The molecule has 6 rings (SSSR count). The van der Waals surface area contributed by atoms with Gasteiger partial charge in [0.05, 0.1) is 23.3 Å². The summed E-state index contributed by atoms with van der Waals surface area (Å²) in [4.78, 5) is 27.2. The fraction of sp³-hybridized carbons (Fsp3) is 0.405. The number of hydrogen-bond acceptors (Lipinski definition) is 4. The Hall–Kier alpha value is -3.74. The minimum Gasteiger partial charge on any atom is -0.387 e. The molecule has 4 aromatic carbocycles. The van der Waals surface area contributed by atoms with E-state index in [-0.39, 0.29) is 0 Å². The lowest BCUT2D eigenvalue weighted by molar-refractivity contribution is -0.133. The minimum atomic E-state index is -1.10. The number of benzene rings is 4. The Labute approximate surface area is 253 Å². The molecule has 4 aromatic rings. The maximum atomic E-state index is 13.6. The molecule has 0 heterocycles. The molecule has 43 heavy (non-hydrogen) atoms. The van der Waals surface area contributed by atoms with E-state index in [1.165, 1.54) is 0 Å². The van der Waals surface area contributed by atoms with Crippen molar-refractivity contribution >= 4 is 33.4 Å². The van der Waals surface area contributed by atoms with E-state index in [0.717, 1.165) is 71.2 Å². The third-order valence-corrected chi connectivity index (χ3v) is 9.71. The first kappa shape index (κ1) is 29.3. The fourth-order valence-corrected chi connectivity index (χ4v) is 7.48. The first-order chi connectivity index (χ1) is 20.9. The number of carbonyl (C=O) groups is 2. The van der Waals surface area contributed by atoms with Crippen molar-refractivity contribution in [2.75, 3.05) is 0 Å². The smallest absolute Gasteiger partial charge is 0.230 e. The molecule has 6 heteroatoms. The Morgan fingerprint density at radius 1 is 0.558 bits per heavy atom. The van der Waals surface area contributed by atoms with E-state index in [1.54, 1.807) is 0 Å². The van der Waals surface area contributed by atoms with Crippen LogP contribution in [0.5, 0.6) is 0 Å². The molecule has 6 nitrogen and oxygen atoms in total. The molecule has 2 amide bonds. The van der Waals surface area contributed by atoms with E-state index >= 15 is 0 Å². The van der Waals surface area contributed by atoms with E-state index in [9.17, 15) is 19.8 Å². The van der Waals surface area contributed by atoms with Crippen LogP contribution in [-0.2, 0) is 9.59 Å². The summed E-state index contributed by atoms with van der Waals surface area (Å²) in [6.07, 6.45) is 7.62. The highest BCUT2D eigenvalue weighted by Gasteiger charge is 2.42. The predicted molar refractivity (Wildman–Crippen MR) is 170 cm³/mol. The van der Waals surface area contributed by atoms with Gasteiger partial charge in [-0.15, -0.1) is 0 Å². The summed E-state index contributed by atoms with van der Waals surface area (Å²) in [5.74, 6) is -0.886. The van der Waals surface area contributed by atoms with E-state index in [2.05, 4.69) is 10.6 Å². The first-order valence-corrected chi connectivity index (χ1v) is 15.9. The highest BCUT2D eigenvalue weighted by Crippen LogP contribution is 2.42. The molecule has 0 bridgehead atoms. The second-order valence-electron chi connectivity index (χ2n) is 12.6. The highest BCUT2D eigenvalue weighted by atomic mass is 16.3. The van der Waals surface area contributed by atoms with Crippen LogP contribution in [0.15, 0.2) is 84.9 Å². The fourth-order valence-electron chi connectivity index (χ4n) is 7.48. The lowest BCUT2D eigenvalue weighted by Crippen LogP contribution is -2.50. The molecule has 0 radical (unpaired) electrons. The normalized spacial score (nSPS) is 19.4. The summed E-state index contributed by atoms with van der Waals surface area (Å²) in [6.45, 7) is 0. The number of aliphatic hydroxyl groups is 2. The maximum absolute atomic E-state index is 13.6. The SMILES string of the molecule is O=C(CC(=O)NC(c1cccc2ccccc12)C1(O)CCCCC1)NC(c1cccc2ccccc12)C1(O)CCCCC1. The van der Waals surface area contributed by atoms with E-state index in [1.807, 2.05) is 84.9 Å². The van der Waals surface area contributed by atoms with E-state index in [0.29, 0.717) is 25.7 Å². The van der Waals surface area contributed by atoms with Crippen LogP contribution >= 0.6 is 0 Å². The lowest BCUT2D eigenvalue weighted by atomic mass is 9.75. The van der Waals surface area contributed by atoms with Crippen LogP contribution in [0, 0.1) is 0 Å². The molecule has 2 aliphatic carbocycles. The van der Waals surface area contributed by atoms with Gasteiger partial charge in [0.1, 0.15) is 6.42 Å². The summed E-state index contributed by atoms with van der Waals surface area (Å²) in [7, 11) is 0. The average Bonchev–Trinajstić information content (AvgIpc) is 3.03. The van der Waals surface area contributed by atoms with Gasteiger partial charge in [0, 0.05) is 0 Å². The van der Waals surface area contributed by atoms with E-state index < -0.39 is 41.5 Å². The van der Waals surface area contributed by atoms with Gasteiger partial charge in [-0.05, 0) is 58.4 Å². The van der Waals surface area contributed by atoms with Gasteiger partial charge in [-0.25, -0.2) is 0 Å². The van der Waals surface area contributed by atoms with E-state index in [4.69, 9.17) is 0 Å². The number of amides is 2. The lowest BCUT2D eigenvalue weighted by Gasteiger charge is -2.41. The zero-order valence-electron chi connectivity index (χ0n) is 24.7. The van der Waals surface area contributed by atoms with Gasteiger partial charge in [0.2, 0.25) is 11.8 Å². The van der Waals surface area contributed by atoms with Gasteiger partial charge in [-0.3, -0.25) is 9.59 Å². The molecular formula is C37H42N2O4. The molecular weight excluding hydrogens is 536 g/mol. The van der Waals surface area contributed by atoms with Crippen LogP contribution in [-0.4, -0.2) is 33.2 Å². The Balaban J connectivity index is 1.27. The number of rotatable bonds is 8. The zero-order valence-corrected chi connectivity index (χ0v) is 24.7. The van der Waals surface area contributed by atoms with Gasteiger partial charge in [0.15, 0.2) is 0 Å². The summed E-state index contributed by atoms with van der Waals surface area (Å²) in [5.41, 5.74) is -0.475. The van der Waals surface area contributed by atoms with Gasteiger partial charge >= 0.3 is 0 Å². The third kappa shape index (κ3) is 6.17. The molecule has 224 valence electrons. The van der Waals surface area contributed by atoms with Crippen molar-refractivity contribution < 1.29 is 19.8 Å². The van der Waals surface area contributed by atoms with Crippen molar-refractivity contribution in [3.05, 3.63) is 96.1 Å². The monoisotopic (exact) mass is 578 g/mol. The molecule has 2 atom stereocenters. The number of nitrogens with one attached hydrogen (secondary N) is 2. The molecule has 0 aliphatic heterocycles. The van der Waals surface area contributed by atoms with Crippen molar-refractivity contribution in [3.8, 4) is 0 Å². The van der Waals surface area contributed by atoms with Crippen LogP contribution in [0.3, 0.4) is 0 Å². The van der Waals surface area contributed by atoms with Crippen LogP contribution in [0.4, 0.5) is 0 Å². The molecule has 0 saturated heterocycles. The van der Waals surface area contributed by atoms with Crippen molar-refractivity contribution in [2.45, 2.75) is 93.9 Å². The van der Waals surface area contributed by atoms with Gasteiger partial charge in [-0.2, -0.15) is 0 Å². The quantitative estimate of drug-likeness (QED) is 0.173. The summed E-state index contributed by atoms with van der Waals surface area (Å²) >= 11 is 0. The summed E-state index contributed by atoms with van der Waals surface area (Å²) in [6, 6.07) is 26.6. The standard InChI is InChI=1S/C37H42N2O4/c40-32(38-34(36(42)21-7-1-8-22-36)30-19-11-15-26-13-3-5-17-28(26)30)25-33(41)39-35(37(43)23-9-2-10-24-37)31-20-12-16-27-14-4-6-18-29(27)31/h3-6,11-20,34-35,42-43H,1-2,7-10,21-25H2,(H,38,40)(H,39,41). The Morgan fingerprint density at radius 3 is 1.35 bits per heavy atom. The molecule has 4 N–H and O–H groups in total. The highest BCUT2D eigenvalue weighted by molar-refractivity contribution is 5.98. The van der Waals surface area contributed by atoms with Gasteiger partial charge in [-0.1, -0.05) is 123 Å². The maximum Gasteiger partial charge on any atom is 0.230 e. The molecule has 2 fully saturated rings. The van der Waals surface area contributed by atoms with Crippen molar-refractivity contribution in [3.63, 3.8) is 0 Å². The van der Waals surface area contributed by atoms with Crippen LogP contribution < -0.4 is 10.6 Å². The molecule has 2 unspecified atom stereocenters. The van der Waals surface area contributed by atoms with Gasteiger partial charge < -0.3 is 20.8 Å². The van der Waals surface area contributed by atoms with Crippen molar-refractivity contribution in [2.24, 2.45) is 0 Å². The molecule has 0 spiro atoms. The third-order valence-electron chi connectivity index (χ3n) is 9.71. The topological polar surface area (TPSA) is 98.7 Å². The zero-order chi connectivity index (χ0) is 29.9. The Bertz CT molecular complexity index is 1470. The number of carbonyl (C=O) groups excluding carboxylic acids is 2. The second-order valence-corrected chi connectivity index (χ2v) is 12.6. The minimum absolute atomic E-state index is 0.394. The van der Waals surface area contributed by atoms with Crippen LogP contribution in [0.25, 0.3) is 21.5 Å². The Morgan fingerprint density at radius 2 is 0.930 bits per heavy atom. The Kier molecular flexibility index (Phi) is 8.51. The van der Waals surface area contributed by atoms with Crippen molar-refractivity contribution in [1.29, 1.82) is 0 Å². The summed E-state index contributed by atoms with van der Waals surface area (Å²) in [5, 5.41) is 34.0. The predicted octanol–water partition coefficient (Wildman–Crippen LogP) is 6.79. The van der Waals surface area contributed by atoms with Gasteiger partial charge in [0.25, 0.3) is 0 Å². The number of fused-ring (bicyclic) bond motifs is 2. The average molecular weight is 579 g/mol. The first-order valence-electron chi connectivity index (χ1n) is 15.9.